The lowest BCUT2D eigenvalue weighted by molar-refractivity contribution is -0.798. The molecule has 33 heavy (non-hydrogen) atoms. The number of aryl methyl sites for hydroxylation is 1. The van der Waals surface area contributed by atoms with Crippen LogP contribution < -0.4 is 4.74 Å². The summed E-state index contributed by atoms with van der Waals surface area (Å²) < 4.78 is 11.4. The first kappa shape index (κ1) is 24.1. The summed E-state index contributed by atoms with van der Waals surface area (Å²) >= 11 is 5.95. The van der Waals surface area contributed by atoms with Gasteiger partial charge in [0.25, 0.3) is 10.2 Å². The number of benzene rings is 1. The summed E-state index contributed by atoms with van der Waals surface area (Å²) in [5, 5.41) is 19.6. The second kappa shape index (κ2) is 10.4. The van der Waals surface area contributed by atoms with Crippen LogP contribution in [0.25, 0.3) is 0 Å². The number of carbonyl (C=O) groups excluding carboxylic acids is 1. The van der Waals surface area contributed by atoms with Crippen LogP contribution >= 0.6 is 11.6 Å². The minimum absolute atomic E-state index is 0.190. The molecule has 1 aromatic carbocycles. The van der Waals surface area contributed by atoms with Crippen LogP contribution in [0.4, 0.5) is 0 Å². The van der Waals surface area contributed by atoms with Gasteiger partial charge < -0.3 is 19.1 Å². The molecular weight excluding hydrogens is 462 g/mol. The lowest BCUT2D eigenvalue weighted by atomic mass is 10.0. The Morgan fingerprint density at radius 3 is 2.55 bits per heavy atom. The maximum Gasteiger partial charge on any atom is 0.311 e. The van der Waals surface area contributed by atoms with Gasteiger partial charge in [0.2, 0.25) is 0 Å². The highest BCUT2D eigenvalue weighted by Gasteiger charge is 2.31. The molecule has 0 radical (unpaired) electrons. The molecule has 1 aliphatic heterocycles. The molecule has 1 aliphatic rings. The fourth-order valence-corrected chi connectivity index (χ4v) is 3.57. The first-order valence-electron chi connectivity index (χ1n) is 9.84. The fourth-order valence-electron chi connectivity index (χ4n) is 3.44. The van der Waals surface area contributed by atoms with E-state index in [0.29, 0.717) is 16.3 Å². The number of pyridine rings is 1. The van der Waals surface area contributed by atoms with Gasteiger partial charge in [-0.05, 0) is 38.0 Å². The van der Waals surface area contributed by atoms with Gasteiger partial charge in [-0.2, -0.15) is 0 Å². The van der Waals surface area contributed by atoms with E-state index in [1.54, 1.807) is 25.3 Å². The predicted molar refractivity (Wildman–Crippen MR) is 111 cm³/mol. The molecule has 0 saturated carbocycles. The largest absolute Gasteiger partial charge is 0.424 e. The monoisotopic (exact) mass is 481 g/mol. The van der Waals surface area contributed by atoms with Gasteiger partial charge in [-0.25, -0.2) is 0 Å². The van der Waals surface area contributed by atoms with Crippen molar-refractivity contribution in [2.75, 3.05) is 0 Å². The van der Waals surface area contributed by atoms with Crippen LogP contribution in [-0.4, -0.2) is 33.3 Å². The Balaban J connectivity index is 1.71. The van der Waals surface area contributed by atoms with Crippen molar-refractivity contribution in [3.05, 3.63) is 78.1 Å². The number of carbonyl (C=O) groups is 1. The zero-order valence-electron chi connectivity index (χ0n) is 17.6. The Bertz CT molecular complexity index is 1050. The smallest absolute Gasteiger partial charge is 0.311 e. The highest BCUT2D eigenvalue weighted by molar-refractivity contribution is 6.30. The quantitative estimate of drug-likeness (QED) is 0.279. The molecule has 3 rings (SSSR count). The molecule has 3 atom stereocenters. The van der Waals surface area contributed by atoms with Crippen LogP contribution in [0.5, 0.6) is 5.75 Å². The third kappa shape index (κ3) is 6.05. The molecule has 2 heterocycles. The van der Waals surface area contributed by atoms with Gasteiger partial charge in [0.1, 0.15) is 18.3 Å². The number of fused-ring (bicyclic) bond motifs is 1. The number of ether oxygens (including phenoxy) is 2. The van der Waals surface area contributed by atoms with E-state index in [1.165, 1.54) is 6.92 Å². The summed E-state index contributed by atoms with van der Waals surface area (Å²) in [6.07, 6.45) is -1.89. The molecule has 3 unspecified atom stereocenters. The van der Waals surface area contributed by atoms with Crippen molar-refractivity contribution in [2.24, 2.45) is 0 Å². The highest BCUT2D eigenvalue weighted by atomic mass is 35.5. The molecular formula is C20H20ClN3O9. The van der Waals surface area contributed by atoms with Gasteiger partial charge in [-0.1, -0.05) is 23.7 Å². The fraction of sp³-hybridized carbons (Fsp3) is 0.400. The molecule has 0 N–H and O–H groups in total. The Morgan fingerprint density at radius 2 is 1.91 bits per heavy atom. The second-order valence-corrected chi connectivity index (χ2v) is 7.70. The Kier molecular flexibility index (Phi) is 7.61. The maximum atomic E-state index is 12.5. The topological polar surface area (TPSA) is 153 Å². The number of halogens is 1. The predicted octanol–water partition coefficient (Wildman–Crippen LogP) is 3.52. The van der Waals surface area contributed by atoms with Crippen LogP contribution in [0.2, 0.25) is 5.02 Å². The molecule has 2 aromatic rings. The molecule has 176 valence electrons. The van der Waals surface area contributed by atoms with Crippen molar-refractivity contribution < 1.29 is 34.1 Å². The summed E-state index contributed by atoms with van der Waals surface area (Å²) in [6, 6.07) is 7.15. The molecule has 0 aliphatic carbocycles. The summed E-state index contributed by atoms with van der Waals surface area (Å²) in [4.78, 5) is 46.7. The highest BCUT2D eigenvalue weighted by Crippen LogP contribution is 2.41. The van der Waals surface area contributed by atoms with Crippen molar-refractivity contribution in [3.63, 3.8) is 0 Å². The van der Waals surface area contributed by atoms with E-state index in [-0.39, 0.29) is 25.2 Å². The number of rotatable bonds is 10. The van der Waals surface area contributed by atoms with Gasteiger partial charge in [-0.15, -0.1) is 20.2 Å². The molecule has 13 heteroatoms. The molecule has 0 spiro atoms. The number of hydrogen-bond donors (Lipinski definition) is 0. The van der Waals surface area contributed by atoms with Crippen molar-refractivity contribution in [3.8, 4) is 5.75 Å². The Hall–Kier alpha value is -3.51. The molecule has 12 nitrogen and oxygen atoms in total. The van der Waals surface area contributed by atoms with E-state index in [4.69, 9.17) is 21.1 Å². The van der Waals surface area contributed by atoms with Gasteiger partial charge in [-0.3, -0.25) is 9.78 Å². The average Bonchev–Trinajstić information content (AvgIpc) is 3.17. The van der Waals surface area contributed by atoms with Crippen LogP contribution in [0.15, 0.2) is 30.5 Å². The lowest BCUT2D eigenvalue weighted by Crippen LogP contribution is -2.33. The van der Waals surface area contributed by atoms with Gasteiger partial charge >= 0.3 is 5.97 Å². The minimum atomic E-state index is -1.34. The Labute approximate surface area is 192 Å². The molecule has 0 bridgehead atoms. The van der Waals surface area contributed by atoms with Gasteiger partial charge in [0.15, 0.2) is 5.75 Å². The summed E-state index contributed by atoms with van der Waals surface area (Å²) in [5.41, 5.74) is 2.73. The van der Waals surface area contributed by atoms with Crippen LogP contribution in [0.3, 0.4) is 0 Å². The van der Waals surface area contributed by atoms with E-state index < -0.39 is 34.5 Å². The molecule has 1 aromatic heterocycles. The zero-order valence-corrected chi connectivity index (χ0v) is 18.4. The summed E-state index contributed by atoms with van der Waals surface area (Å²) in [5.74, 6) is -0.469. The van der Waals surface area contributed by atoms with E-state index in [9.17, 15) is 25.0 Å². The minimum Gasteiger partial charge on any atom is -0.424 e. The van der Waals surface area contributed by atoms with Gasteiger partial charge in [0, 0.05) is 28.8 Å². The SMILES string of the molecule is Cc1ncc2c(c1OC(=O)CCC(O[N+](=O)[O-])C(C)O[N+](=O)[O-])COC2c1ccc(Cl)cc1. The van der Waals surface area contributed by atoms with Crippen molar-refractivity contribution in [2.45, 2.75) is 51.6 Å². The van der Waals surface area contributed by atoms with Crippen molar-refractivity contribution >= 4 is 17.6 Å². The van der Waals surface area contributed by atoms with Crippen LogP contribution in [0, 0.1) is 27.2 Å². The Morgan fingerprint density at radius 1 is 1.24 bits per heavy atom. The third-order valence-electron chi connectivity index (χ3n) is 5.04. The third-order valence-corrected chi connectivity index (χ3v) is 5.30. The number of hydrogen-bond acceptors (Lipinski definition) is 10. The van der Waals surface area contributed by atoms with E-state index in [0.717, 1.165) is 11.1 Å². The van der Waals surface area contributed by atoms with E-state index in [2.05, 4.69) is 14.7 Å². The summed E-state index contributed by atoms with van der Waals surface area (Å²) in [7, 11) is 0. The maximum absolute atomic E-state index is 12.5. The number of nitrogens with zero attached hydrogens (tertiary/aromatic N) is 3. The summed E-state index contributed by atoms with van der Waals surface area (Å²) in [6.45, 7) is 3.09. The lowest BCUT2D eigenvalue weighted by Gasteiger charge is -2.20. The second-order valence-electron chi connectivity index (χ2n) is 7.26. The molecule has 0 saturated heterocycles. The van der Waals surface area contributed by atoms with Crippen molar-refractivity contribution in [1.82, 2.24) is 4.98 Å². The van der Waals surface area contributed by atoms with E-state index in [1.807, 2.05) is 12.1 Å². The van der Waals surface area contributed by atoms with Gasteiger partial charge in [0.05, 0.1) is 12.3 Å². The zero-order chi connectivity index (χ0) is 24.1. The van der Waals surface area contributed by atoms with Crippen LogP contribution in [0.1, 0.15) is 48.3 Å². The van der Waals surface area contributed by atoms with Crippen LogP contribution in [-0.2, 0) is 25.8 Å². The molecule has 0 amide bonds. The van der Waals surface area contributed by atoms with Crippen molar-refractivity contribution in [1.29, 1.82) is 0 Å². The number of aromatic nitrogens is 1. The first-order chi connectivity index (χ1) is 15.7. The molecule has 0 fully saturated rings. The number of esters is 1. The standard InChI is InChI=1S/C20H20ClN3O9/c1-11-19(31-18(25)8-7-17(33-24(28)29)12(2)32-23(26)27)16-10-30-20(15(16)9-22-11)13-3-5-14(21)6-4-13/h3-6,9,12,17,20H,7-8,10H2,1-2H3. The average molecular weight is 482 g/mol. The first-order valence-corrected chi connectivity index (χ1v) is 10.2. The van der Waals surface area contributed by atoms with E-state index >= 15 is 0 Å². The normalized spacial score (nSPS) is 16.4.